The molecule has 0 spiro atoms. The van der Waals surface area contributed by atoms with Crippen LogP contribution in [0.15, 0.2) is 45.8 Å². The Morgan fingerprint density at radius 3 is 2.69 bits per heavy atom. The van der Waals surface area contributed by atoms with Crippen molar-refractivity contribution in [3.63, 3.8) is 0 Å². The van der Waals surface area contributed by atoms with Gasteiger partial charge < -0.3 is 0 Å². The van der Waals surface area contributed by atoms with Crippen LogP contribution < -0.4 is 5.56 Å². The monoisotopic (exact) mass is 298 g/mol. The number of aromatic nitrogens is 2. The lowest BCUT2D eigenvalue weighted by Gasteiger charge is -2.05. The normalized spacial score (nSPS) is 10.4. The van der Waals surface area contributed by atoms with Crippen molar-refractivity contribution in [3.8, 4) is 0 Å². The molecule has 1 heterocycles. The maximum Gasteiger partial charge on any atom is 0.282 e. The minimum absolute atomic E-state index is 0.226. The Morgan fingerprint density at radius 2 is 2.00 bits per heavy atom. The molecule has 3 nitrogen and oxygen atoms in total. The Hall–Kier alpha value is -1.13. The number of hydrogen-bond acceptors (Lipinski definition) is 2. The largest absolute Gasteiger partial charge is 0.282 e. The minimum Gasteiger partial charge on any atom is -0.266 e. The van der Waals surface area contributed by atoms with Crippen LogP contribution in [-0.4, -0.2) is 9.78 Å². The summed E-state index contributed by atoms with van der Waals surface area (Å²) in [6, 6.07) is 9.65. The van der Waals surface area contributed by atoms with E-state index in [1.165, 1.54) is 10.9 Å². The Kier molecular flexibility index (Phi) is 3.41. The maximum absolute atomic E-state index is 11.8. The molecule has 1 aromatic carbocycles. The van der Waals surface area contributed by atoms with E-state index in [0.717, 1.165) is 5.56 Å². The van der Waals surface area contributed by atoms with E-state index >= 15 is 0 Å². The third kappa shape index (κ3) is 2.33. The van der Waals surface area contributed by atoms with Gasteiger partial charge >= 0.3 is 0 Å². The summed E-state index contributed by atoms with van der Waals surface area (Å²) in [5.74, 6) is 0. The smallest absolute Gasteiger partial charge is 0.266 e. The van der Waals surface area contributed by atoms with Crippen LogP contribution in [0.1, 0.15) is 5.56 Å². The van der Waals surface area contributed by atoms with Crippen molar-refractivity contribution in [1.82, 2.24) is 9.78 Å². The maximum atomic E-state index is 11.8. The van der Waals surface area contributed by atoms with Crippen molar-refractivity contribution in [2.24, 2.45) is 0 Å². The van der Waals surface area contributed by atoms with Crippen LogP contribution in [0, 0.1) is 0 Å². The van der Waals surface area contributed by atoms with Crippen LogP contribution in [0.3, 0.4) is 0 Å². The third-order valence-electron chi connectivity index (χ3n) is 2.12. The van der Waals surface area contributed by atoms with E-state index in [4.69, 9.17) is 11.6 Å². The molecule has 0 saturated carbocycles. The van der Waals surface area contributed by atoms with E-state index in [0.29, 0.717) is 16.0 Å². The van der Waals surface area contributed by atoms with Crippen LogP contribution >= 0.6 is 27.5 Å². The number of benzene rings is 1. The van der Waals surface area contributed by atoms with Gasteiger partial charge in [-0.05, 0) is 21.5 Å². The van der Waals surface area contributed by atoms with Crippen molar-refractivity contribution >= 4 is 27.5 Å². The van der Waals surface area contributed by atoms with E-state index in [2.05, 4.69) is 21.0 Å². The van der Waals surface area contributed by atoms with Crippen LogP contribution in [0.5, 0.6) is 0 Å². The van der Waals surface area contributed by atoms with Crippen LogP contribution in [0.2, 0.25) is 5.02 Å². The fourth-order valence-electron chi connectivity index (χ4n) is 1.31. The summed E-state index contributed by atoms with van der Waals surface area (Å²) in [7, 11) is 0. The molecular weight excluding hydrogens is 291 g/mol. The standard InChI is InChI=1S/C11H8BrClN2O/c12-10-9(13)6-14-15(11(10)16)7-8-4-2-1-3-5-8/h1-6H,7H2. The van der Waals surface area contributed by atoms with Crippen LogP contribution in [0.25, 0.3) is 0 Å². The number of halogens is 2. The van der Waals surface area contributed by atoms with Crippen molar-refractivity contribution in [3.05, 3.63) is 61.9 Å². The zero-order chi connectivity index (χ0) is 11.5. The molecule has 0 bridgehead atoms. The molecule has 0 amide bonds. The zero-order valence-corrected chi connectivity index (χ0v) is 10.6. The van der Waals surface area contributed by atoms with E-state index in [9.17, 15) is 4.79 Å². The highest BCUT2D eigenvalue weighted by Crippen LogP contribution is 2.15. The molecule has 1 aromatic heterocycles. The van der Waals surface area contributed by atoms with Gasteiger partial charge in [-0.15, -0.1) is 0 Å². The second-order valence-corrected chi connectivity index (χ2v) is 4.46. The highest BCUT2D eigenvalue weighted by Gasteiger charge is 2.06. The van der Waals surface area contributed by atoms with Gasteiger partial charge in [0.15, 0.2) is 0 Å². The minimum atomic E-state index is -0.226. The van der Waals surface area contributed by atoms with E-state index in [1.54, 1.807) is 0 Å². The van der Waals surface area contributed by atoms with Gasteiger partial charge in [0.1, 0.15) is 4.47 Å². The van der Waals surface area contributed by atoms with Crippen molar-refractivity contribution in [2.75, 3.05) is 0 Å². The number of rotatable bonds is 2. The second kappa shape index (κ2) is 4.80. The van der Waals surface area contributed by atoms with Crippen LogP contribution in [-0.2, 0) is 6.54 Å². The van der Waals surface area contributed by atoms with Gasteiger partial charge in [-0.1, -0.05) is 41.9 Å². The van der Waals surface area contributed by atoms with Gasteiger partial charge in [-0.2, -0.15) is 5.10 Å². The Balaban J connectivity index is 2.37. The highest BCUT2D eigenvalue weighted by atomic mass is 79.9. The highest BCUT2D eigenvalue weighted by molar-refractivity contribution is 9.10. The molecule has 0 radical (unpaired) electrons. The summed E-state index contributed by atoms with van der Waals surface area (Å²) >= 11 is 8.90. The summed E-state index contributed by atoms with van der Waals surface area (Å²) in [6.45, 7) is 0.440. The average Bonchev–Trinajstić information content (AvgIpc) is 2.31. The molecule has 0 unspecified atom stereocenters. The Bertz CT molecular complexity index is 554. The molecule has 2 aromatic rings. The molecule has 0 N–H and O–H groups in total. The van der Waals surface area contributed by atoms with Crippen LogP contribution in [0.4, 0.5) is 0 Å². The summed E-state index contributed by atoms with van der Waals surface area (Å²) < 4.78 is 1.71. The van der Waals surface area contributed by atoms with Gasteiger partial charge in [-0.25, -0.2) is 4.68 Å². The first kappa shape index (κ1) is 11.4. The quantitative estimate of drug-likeness (QED) is 0.854. The first-order valence-electron chi connectivity index (χ1n) is 4.63. The Morgan fingerprint density at radius 1 is 1.31 bits per heavy atom. The van der Waals surface area contributed by atoms with Gasteiger partial charge in [0.25, 0.3) is 5.56 Å². The van der Waals surface area contributed by atoms with Gasteiger partial charge in [0.2, 0.25) is 0 Å². The molecule has 0 atom stereocenters. The summed E-state index contributed by atoms with van der Waals surface area (Å²) in [5, 5.41) is 4.30. The molecule has 0 saturated heterocycles. The molecule has 0 aliphatic rings. The lowest BCUT2D eigenvalue weighted by molar-refractivity contribution is 0.635. The molecule has 16 heavy (non-hydrogen) atoms. The fraction of sp³-hybridized carbons (Fsp3) is 0.0909. The predicted molar refractivity (Wildman–Crippen MR) is 66.8 cm³/mol. The van der Waals surface area contributed by atoms with E-state index < -0.39 is 0 Å². The second-order valence-electron chi connectivity index (χ2n) is 3.25. The number of nitrogens with zero attached hydrogens (tertiary/aromatic N) is 2. The lowest BCUT2D eigenvalue weighted by atomic mass is 10.2. The SMILES string of the molecule is O=c1c(Br)c(Cl)cnn1Cc1ccccc1. The van der Waals surface area contributed by atoms with Crippen molar-refractivity contribution in [2.45, 2.75) is 6.54 Å². The topological polar surface area (TPSA) is 34.9 Å². The van der Waals surface area contributed by atoms with Crippen molar-refractivity contribution in [1.29, 1.82) is 0 Å². The molecule has 5 heteroatoms. The molecule has 0 fully saturated rings. The van der Waals surface area contributed by atoms with Gasteiger partial charge in [-0.3, -0.25) is 4.79 Å². The molecule has 82 valence electrons. The zero-order valence-electron chi connectivity index (χ0n) is 8.23. The van der Waals surface area contributed by atoms with Crippen molar-refractivity contribution < 1.29 is 0 Å². The number of hydrogen-bond donors (Lipinski definition) is 0. The van der Waals surface area contributed by atoms with Gasteiger partial charge in [0, 0.05) is 0 Å². The summed E-state index contributed by atoms with van der Waals surface area (Å²) in [5.41, 5.74) is 0.794. The fourth-order valence-corrected chi connectivity index (χ4v) is 1.75. The first-order valence-corrected chi connectivity index (χ1v) is 5.80. The average molecular weight is 300 g/mol. The lowest BCUT2D eigenvalue weighted by Crippen LogP contribution is -2.23. The summed E-state index contributed by atoms with van der Waals surface area (Å²) in [4.78, 5) is 11.8. The van der Waals surface area contributed by atoms with E-state index in [-0.39, 0.29) is 5.56 Å². The molecule has 2 rings (SSSR count). The molecule has 0 aliphatic heterocycles. The third-order valence-corrected chi connectivity index (χ3v) is 3.40. The Labute approximate surface area is 106 Å². The summed E-state index contributed by atoms with van der Waals surface area (Å²) in [6.07, 6.45) is 1.45. The molecular formula is C11H8BrClN2O. The predicted octanol–water partition coefficient (Wildman–Crippen LogP) is 2.71. The van der Waals surface area contributed by atoms with Gasteiger partial charge in [0.05, 0.1) is 17.8 Å². The molecule has 0 aliphatic carbocycles. The first-order chi connectivity index (χ1) is 7.68. The van der Waals surface area contributed by atoms with E-state index in [1.807, 2.05) is 30.3 Å².